The molecule has 0 radical (unpaired) electrons. The van der Waals surface area contributed by atoms with Crippen LogP contribution in [0.15, 0.2) is 55.0 Å². The Hall–Kier alpha value is -2.62. The van der Waals surface area contributed by atoms with E-state index in [0.29, 0.717) is 12.0 Å². The molecule has 1 unspecified atom stereocenters. The number of carbonyl (C=O) groups is 1. The van der Waals surface area contributed by atoms with Gasteiger partial charge in [-0.3, -0.25) is 4.79 Å². The first-order chi connectivity index (χ1) is 11.8. The van der Waals surface area contributed by atoms with Crippen LogP contribution in [0.1, 0.15) is 40.2 Å². The normalized spacial score (nSPS) is 22.4. The van der Waals surface area contributed by atoms with Crippen molar-refractivity contribution < 1.29 is 4.79 Å². The number of pyridine rings is 1. The fraction of sp³-hybridized carbons (Fsp3) is 0.300. The van der Waals surface area contributed by atoms with Crippen LogP contribution < -0.4 is 0 Å². The second-order valence-electron chi connectivity index (χ2n) is 6.83. The van der Waals surface area contributed by atoms with Gasteiger partial charge in [-0.25, -0.2) is 4.98 Å². The summed E-state index contributed by atoms with van der Waals surface area (Å²) in [7, 11) is 0. The number of aromatic nitrogens is 2. The lowest BCUT2D eigenvalue weighted by Gasteiger charge is -2.38. The van der Waals surface area contributed by atoms with Crippen LogP contribution in [0.5, 0.6) is 0 Å². The van der Waals surface area contributed by atoms with Gasteiger partial charge in [-0.1, -0.05) is 24.3 Å². The summed E-state index contributed by atoms with van der Waals surface area (Å²) in [6, 6.07) is 12.8. The summed E-state index contributed by atoms with van der Waals surface area (Å²) >= 11 is 0. The van der Waals surface area contributed by atoms with Gasteiger partial charge < -0.3 is 9.30 Å². The summed E-state index contributed by atoms with van der Waals surface area (Å²) in [5.74, 6) is 0.643. The molecule has 4 nitrogen and oxygen atoms in total. The lowest BCUT2D eigenvalue weighted by Crippen LogP contribution is -2.46. The lowest BCUT2D eigenvalue weighted by atomic mass is 9.88. The molecule has 2 atom stereocenters. The van der Waals surface area contributed by atoms with Crippen LogP contribution in [0.3, 0.4) is 0 Å². The van der Waals surface area contributed by atoms with Crippen LogP contribution in [-0.2, 0) is 6.42 Å². The van der Waals surface area contributed by atoms with Gasteiger partial charge in [0.25, 0.3) is 5.91 Å². The third kappa shape index (κ3) is 1.99. The van der Waals surface area contributed by atoms with E-state index < -0.39 is 0 Å². The molecule has 120 valence electrons. The van der Waals surface area contributed by atoms with Gasteiger partial charge in [0.05, 0.1) is 5.56 Å². The largest absolute Gasteiger partial charge is 0.335 e. The molecule has 1 fully saturated rings. The number of carbonyl (C=O) groups excluding carboxylic acids is 1. The highest BCUT2D eigenvalue weighted by Crippen LogP contribution is 2.42. The molecule has 2 aliphatic rings. The van der Waals surface area contributed by atoms with Crippen molar-refractivity contribution in [3.8, 4) is 0 Å². The van der Waals surface area contributed by atoms with E-state index in [1.165, 1.54) is 17.5 Å². The van der Waals surface area contributed by atoms with Crippen LogP contribution >= 0.6 is 0 Å². The highest BCUT2D eigenvalue weighted by molar-refractivity contribution is 5.94. The van der Waals surface area contributed by atoms with E-state index >= 15 is 0 Å². The smallest absolute Gasteiger partial charge is 0.255 e. The van der Waals surface area contributed by atoms with Crippen molar-refractivity contribution in [3.05, 3.63) is 71.7 Å². The number of hydrogen-bond donors (Lipinski definition) is 0. The number of piperidine rings is 1. The molecule has 1 saturated heterocycles. The number of nitrogens with zero attached hydrogens (tertiary/aromatic N) is 3. The first-order valence-corrected chi connectivity index (χ1v) is 8.63. The molecule has 0 spiro atoms. The van der Waals surface area contributed by atoms with Crippen molar-refractivity contribution in [2.24, 2.45) is 0 Å². The van der Waals surface area contributed by atoms with Crippen LogP contribution in [-0.4, -0.2) is 32.8 Å². The van der Waals surface area contributed by atoms with Gasteiger partial charge in [-0.2, -0.15) is 0 Å². The highest BCUT2D eigenvalue weighted by atomic mass is 16.2. The van der Waals surface area contributed by atoms with E-state index in [2.05, 4.69) is 34.1 Å². The second kappa shape index (κ2) is 5.20. The number of amides is 1. The van der Waals surface area contributed by atoms with E-state index in [4.69, 9.17) is 0 Å². The molecular formula is C20H19N3O. The van der Waals surface area contributed by atoms with Gasteiger partial charge in [0, 0.05) is 37.1 Å². The van der Waals surface area contributed by atoms with Gasteiger partial charge in [-0.15, -0.1) is 0 Å². The topological polar surface area (TPSA) is 37.6 Å². The maximum atomic E-state index is 13.2. The molecule has 2 aromatic heterocycles. The highest BCUT2D eigenvalue weighted by Gasteiger charge is 2.40. The third-order valence-electron chi connectivity index (χ3n) is 5.56. The van der Waals surface area contributed by atoms with Crippen molar-refractivity contribution in [1.29, 1.82) is 0 Å². The average Bonchev–Trinajstić information content (AvgIpc) is 3.24. The first kappa shape index (κ1) is 13.8. The van der Waals surface area contributed by atoms with Gasteiger partial charge in [0.2, 0.25) is 0 Å². The standard InChI is InChI=1S/C20H19N3O/c24-20(15-7-8-19-21-9-11-22(19)13-15)23-10-3-6-17-16-5-2-1-4-14(16)12-18(17)23/h1-2,4-5,7-9,11,13,17-18H,3,6,10,12H2/t17?,18-/m0/s1. The predicted molar refractivity (Wildman–Crippen MR) is 92.1 cm³/mol. The molecule has 0 bridgehead atoms. The second-order valence-corrected chi connectivity index (χ2v) is 6.83. The quantitative estimate of drug-likeness (QED) is 0.691. The van der Waals surface area contributed by atoms with Gasteiger partial charge >= 0.3 is 0 Å². The van der Waals surface area contributed by atoms with E-state index in [1.54, 1.807) is 6.20 Å². The summed E-state index contributed by atoms with van der Waals surface area (Å²) in [6.07, 6.45) is 8.79. The van der Waals surface area contributed by atoms with Crippen LogP contribution in [0.25, 0.3) is 5.65 Å². The van der Waals surface area contributed by atoms with E-state index in [1.807, 2.05) is 28.9 Å². The average molecular weight is 317 g/mol. The molecule has 4 heteroatoms. The van der Waals surface area contributed by atoms with E-state index in [9.17, 15) is 4.79 Å². The molecule has 5 rings (SSSR count). The monoisotopic (exact) mass is 317 g/mol. The zero-order valence-corrected chi connectivity index (χ0v) is 13.4. The van der Waals surface area contributed by atoms with Crippen LogP contribution in [0, 0.1) is 0 Å². The van der Waals surface area contributed by atoms with Gasteiger partial charge in [0.1, 0.15) is 5.65 Å². The molecular weight excluding hydrogens is 298 g/mol. The minimum absolute atomic E-state index is 0.146. The Morgan fingerprint density at radius 2 is 2.08 bits per heavy atom. The number of benzene rings is 1. The Bertz CT molecular complexity index is 929. The van der Waals surface area contributed by atoms with E-state index in [0.717, 1.165) is 30.6 Å². The zero-order chi connectivity index (χ0) is 16.1. The first-order valence-electron chi connectivity index (χ1n) is 8.63. The minimum Gasteiger partial charge on any atom is -0.335 e. The van der Waals surface area contributed by atoms with Crippen LogP contribution in [0.4, 0.5) is 0 Å². The Balaban J connectivity index is 1.49. The maximum absolute atomic E-state index is 13.2. The van der Waals surface area contributed by atoms with Crippen molar-refractivity contribution in [3.63, 3.8) is 0 Å². The van der Waals surface area contributed by atoms with Crippen molar-refractivity contribution in [2.45, 2.75) is 31.2 Å². The SMILES string of the molecule is O=C(c1ccc2nccn2c1)N1CCCC2c3ccccc3C[C@@H]21. The molecule has 3 aromatic rings. The summed E-state index contributed by atoms with van der Waals surface area (Å²) in [6.45, 7) is 0.857. The lowest BCUT2D eigenvalue weighted by molar-refractivity contribution is 0.0595. The number of rotatable bonds is 1. The zero-order valence-electron chi connectivity index (χ0n) is 13.4. The molecule has 0 saturated carbocycles. The molecule has 1 aromatic carbocycles. The van der Waals surface area contributed by atoms with Crippen LogP contribution in [0.2, 0.25) is 0 Å². The molecule has 1 aliphatic carbocycles. The van der Waals surface area contributed by atoms with Crippen molar-refractivity contribution in [1.82, 2.24) is 14.3 Å². The molecule has 1 aliphatic heterocycles. The molecule has 0 N–H and O–H groups in total. The Kier molecular flexibility index (Phi) is 2.98. The number of likely N-dealkylation sites (tertiary alicyclic amines) is 1. The molecule has 1 amide bonds. The van der Waals surface area contributed by atoms with Gasteiger partial charge in [0.15, 0.2) is 0 Å². The Morgan fingerprint density at radius 1 is 1.17 bits per heavy atom. The Morgan fingerprint density at radius 3 is 3.04 bits per heavy atom. The summed E-state index contributed by atoms with van der Waals surface area (Å²) < 4.78 is 1.91. The number of hydrogen-bond acceptors (Lipinski definition) is 2. The molecule has 24 heavy (non-hydrogen) atoms. The minimum atomic E-state index is 0.146. The molecule has 3 heterocycles. The third-order valence-corrected chi connectivity index (χ3v) is 5.56. The number of fused-ring (bicyclic) bond motifs is 4. The predicted octanol–water partition coefficient (Wildman–Crippen LogP) is 3.28. The van der Waals surface area contributed by atoms with Gasteiger partial charge in [-0.05, 0) is 42.5 Å². The van der Waals surface area contributed by atoms with Crippen molar-refractivity contribution in [2.75, 3.05) is 6.54 Å². The fourth-order valence-corrected chi connectivity index (χ4v) is 4.44. The summed E-state index contributed by atoms with van der Waals surface area (Å²) in [5.41, 5.74) is 4.48. The maximum Gasteiger partial charge on any atom is 0.255 e. The van der Waals surface area contributed by atoms with E-state index in [-0.39, 0.29) is 5.91 Å². The summed E-state index contributed by atoms with van der Waals surface area (Å²) in [4.78, 5) is 19.5. The Labute approximate surface area is 140 Å². The van der Waals surface area contributed by atoms with Crippen molar-refractivity contribution >= 4 is 11.6 Å². The number of imidazole rings is 1. The fourth-order valence-electron chi connectivity index (χ4n) is 4.44. The summed E-state index contributed by atoms with van der Waals surface area (Å²) in [5, 5.41) is 0.